The number of benzene rings is 1. The van der Waals surface area contributed by atoms with E-state index in [0.29, 0.717) is 5.06 Å². The van der Waals surface area contributed by atoms with Crippen LogP contribution in [0.25, 0.3) is 0 Å². The lowest BCUT2D eigenvalue weighted by Gasteiger charge is -2.12. The minimum atomic E-state index is -0.903. The van der Waals surface area contributed by atoms with E-state index in [-0.39, 0.29) is 28.4 Å². The Morgan fingerprint density at radius 1 is 1.36 bits per heavy atom. The zero-order chi connectivity index (χ0) is 16.4. The summed E-state index contributed by atoms with van der Waals surface area (Å²) < 4.78 is 0.197. The molecule has 2 rings (SSSR count). The Hall–Kier alpha value is -2.24. The zero-order valence-corrected chi connectivity index (χ0v) is 13.1. The molecule has 0 aliphatic carbocycles. The number of imide groups is 1. The van der Waals surface area contributed by atoms with Crippen LogP contribution >= 0.6 is 22.6 Å². The summed E-state index contributed by atoms with van der Waals surface area (Å²) >= 11 is 1.69. The number of carbonyl (C=O) groups excluding carboxylic acids is 3. The molecular formula is C12H9IN2O7. The third-order valence-corrected chi connectivity index (χ3v) is 3.67. The fourth-order valence-corrected chi connectivity index (χ4v) is 2.52. The van der Waals surface area contributed by atoms with Gasteiger partial charge in [-0.05, 0) is 34.2 Å². The number of rotatable bonds is 4. The molecule has 1 heterocycles. The van der Waals surface area contributed by atoms with Crippen molar-refractivity contribution in [2.24, 2.45) is 0 Å². The fraction of sp³-hybridized carbons (Fsp3) is 0.250. The van der Waals surface area contributed by atoms with E-state index >= 15 is 0 Å². The lowest BCUT2D eigenvalue weighted by Crippen LogP contribution is -2.32. The Balaban J connectivity index is 2.13. The highest BCUT2D eigenvalue weighted by molar-refractivity contribution is 14.1. The van der Waals surface area contributed by atoms with Crippen LogP contribution in [0.4, 0.5) is 5.69 Å². The molecule has 1 aliphatic heterocycles. The zero-order valence-electron chi connectivity index (χ0n) is 10.9. The number of amides is 2. The first kappa shape index (κ1) is 16.1. The molecule has 1 saturated heterocycles. The molecule has 0 atom stereocenters. The Morgan fingerprint density at radius 2 is 1.95 bits per heavy atom. The molecule has 0 aromatic heterocycles. The number of hydrogen-bond acceptors (Lipinski definition) is 7. The first-order valence-corrected chi connectivity index (χ1v) is 7.10. The first-order chi connectivity index (χ1) is 10.3. The molecule has 1 aromatic carbocycles. The van der Waals surface area contributed by atoms with Crippen LogP contribution in [0.3, 0.4) is 0 Å². The van der Waals surface area contributed by atoms with E-state index in [1.165, 1.54) is 6.07 Å². The standard InChI is InChI=1S/C12H9IN2O7/c13-7-3-6(4-8(12(7)19)15(20)21)5-11(18)22-14-9(16)1-2-10(14)17/h3-4,19H,1-2,5H2. The van der Waals surface area contributed by atoms with Gasteiger partial charge in [0.05, 0.1) is 14.9 Å². The van der Waals surface area contributed by atoms with Gasteiger partial charge in [0.1, 0.15) is 0 Å². The van der Waals surface area contributed by atoms with Crippen molar-refractivity contribution >= 4 is 46.1 Å². The molecule has 1 aromatic rings. The van der Waals surface area contributed by atoms with Gasteiger partial charge in [0.15, 0.2) is 0 Å². The first-order valence-electron chi connectivity index (χ1n) is 6.02. The number of aromatic hydroxyl groups is 1. The van der Waals surface area contributed by atoms with Crippen LogP contribution in [0.2, 0.25) is 0 Å². The van der Waals surface area contributed by atoms with Crippen molar-refractivity contribution in [3.63, 3.8) is 0 Å². The number of phenolic OH excluding ortho intramolecular Hbond substituents is 1. The van der Waals surface area contributed by atoms with Crippen molar-refractivity contribution in [1.82, 2.24) is 5.06 Å². The van der Waals surface area contributed by atoms with E-state index in [1.807, 2.05) is 0 Å². The fourth-order valence-electron chi connectivity index (χ4n) is 1.84. The van der Waals surface area contributed by atoms with Gasteiger partial charge >= 0.3 is 11.7 Å². The molecule has 10 heteroatoms. The quantitative estimate of drug-likeness (QED) is 0.334. The molecule has 2 amide bonds. The van der Waals surface area contributed by atoms with E-state index < -0.39 is 34.1 Å². The van der Waals surface area contributed by atoms with E-state index in [4.69, 9.17) is 0 Å². The maximum Gasteiger partial charge on any atom is 0.337 e. The second-order valence-corrected chi connectivity index (χ2v) is 5.59. The average molecular weight is 420 g/mol. The van der Waals surface area contributed by atoms with Gasteiger partial charge in [-0.3, -0.25) is 19.7 Å². The molecule has 1 fully saturated rings. The van der Waals surface area contributed by atoms with Crippen LogP contribution < -0.4 is 0 Å². The van der Waals surface area contributed by atoms with E-state index in [2.05, 4.69) is 4.84 Å². The summed E-state index contributed by atoms with van der Waals surface area (Å²) in [7, 11) is 0. The van der Waals surface area contributed by atoms with Crippen molar-refractivity contribution in [2.75, 3.05) is 0 Å². The third kappa shape index (κ3) is 3.32. The highest BCUT2D eigenvalue weighted by Gasteiger charge is 2.33. The average Bonchev–Trinajstić information content (AvgIpc) is 2.74. The molecule has 0 radical (unpaired) electrons. The molecule has 0 spiro atoms. The summed E-state index contributed by atoms with van der Waals surface area (Å²) in [5.41, 5.74) is -0.318. The molecule has 0 saturated carbocycles. The summed E-state index contributed by atoms with van der Waals surface area (Å²) in [5, 5.41) is 20.8. The maximum absolute atomic E-state index is 11.7. The number of hydrogen-bond donors (Lipinski definition) is 1. The molecular weight excluding hydrogens is 411 g/mol. The van der Waals surface area contributed by atoms with Crippen molar-refractivity contribution in [3.8, 4) is 5.75 Å². The number of nitro benzene ring substituents is 1. The molecule has 116 valence electrons. The number of phenols is 1. The highest BCUT2D eigenvalue weighted by Crippen LogP contribution is 2.32. The predicted octanol–water partition coefficient (Wildman–Crippen LogP) is 1.05. The van der Waals surface area contributed by atoms with Crippen molar-refractivity contribution in [2.45, 2.75) is 19.3 Å². The second kappa shape index (κ2) is 6.25. The Labute approximate surface area is 137 Å². The summed E-state index contributed by atoms with van der Waals surface area (Å²) in [6.45, 7) is 0. The van der Waals surface area contributed by atoms with E-state index in [1.54, 1.807) is 22.6 Å². The monoisotopic (exact) mass is 420 g/mol. The summed E-state index contributed by atoms with van der Waals surface area (Å²) in [4.78, 5) is 49.1. The van der Waals surface area contributed by atoms with Crippen LogP contribution in [0.1, 0.15) is 18.4 Å². The van der Waals surface area contributed by atoms with Crippen molar-refractivity contribution < 1.29 is 29.3 Å². The highest BCUT2D eigenvalue weighted by atomic mass is 127. The van der Waals surface area contributed by atoms with Gasteiger partial charge in [-0.15, -0.1) is 5.06 Å². The second-order valence-electron chi connectivity index (χ2n) is 4.42. The molecule has 9 nitrogen and oxygen atoms in total. The van der Waals surface area contributed by atoms with Gasteiger partial charge in [-0.25, -0.2) is 4.79 Å². The van der Waals surface area contributed by atoms with Crippen LogP contribution in [0.5, 0.6) is 5.75 Å². The van der Waals surface area contributed by atoms with Crippen LogP contribution in [-0.2, 0) is 25.6 Å². The largest absolute Gasteiger partial charge is 0.501 e. The smallest absolute Gasteiger partial charge is 0.337 e. The van der Waals surface area contributed by atoms with Gasteiger partial charge in [0, 0.05) is 18.9 Å². The third-order valence-electron chi connectivity index (χ3n) is 2.85. The lowest BCUT2D eigenvalue weighted by molar-refractivity contribution is -0.386. The normalized spacial score (nSPS) is 14.3. The lowest BCUT2D eigenvalue weighted by atomic mass is 10.1. The molecule has 0 unspecified atom stereocenters. The minimum Gasteiger partial charge on any atom is -0.501 e. The number of halogens is 1. The Morgan fingerprint density at radius 3 is 2.50 bits per heavy atom. The van der Waals surface area contributed by atoms with Crippen LogP contribution in [-0.4, -0.2) is 32.9 Å². The van der Waals surface area contributed by atoms with Crippen molar-refractivity contribution in [1.29, 1.82) is 0 Å². The van der Waals surface area contributed by atoms with Crippen LogP contribution in [0.15, 0.2) is 12.1 Å². The molecule has 1 aliphatic rings. The van der Waals surface area contributed by atoms with Gasteiger partial charge in [0.2, 0.25) is 5.75 Å². The molecule has 22 heavy (non-hydrogen) atoms. The van der Waals surface area contributed by atoms with Crippen molar-refractivity contribution in [3.05, 3.63) is 31.4 Å². The maximum atomic E-state index is 11.7. The Bertz CT molecular complexity index is 672. The SMILES string of the molecule is O=C(Cc1cc(I)c(O)c([N+](=O)[O-])c1)ON1C(=O)CCC1=O. The number of nitrogens with zero attached hydrogens (tertiary/aromatic N) is 2. The topological polar surface area (TPSA) is 127 Å². The predicted molar refractivity (Wildman–Crippen MR) is 78.4 cm³/mol. The molecule has 0 bridgehead atoms. The number of carbonyl (C=O) groups is 3. The molecule has 1 N–H and O–H groups in total. The van der Waals surface area contributed by atoms with E-state index in [0.717, 1.165) is 6.07 Å². The van der Waals surface area contributed by atoms with Gasteiger partial charge in [-0.1, -0.05) is 0 Å². The summed E-state index contributed by atoms with van der Waals surface area (Å²) in [5.74, 6) is -2.61. The number of nitro groups is 1. The number of hydroxylamine groups is 2. The van der Waals surface area contributed by atoms with Gasteiger partial charge in [0.25, 0.3) is 11.8 Å². The summed E-state index contributed by atoms with van der Waals surface area (Å²) in [6, 6.07) is 2.41. The van der Waals surface area contributed by atoms with E-state index in [9.17, 15) is 29.6 Å². The van der Waals surface area contributed by atoms with Gasteiger partial charge < -0.3 is 9.94 Å². The summed E-state index contributed by atoms with van der Waals surface area (Å²) in [6.07, 6.45) is -0.419. The minimum absolute atomic E-state index is 0.0192. The Kier molecular flexibility index (Phi) is 4.59. The van der Waals surface area contributed by atoms with Gasteiger partial charge in [-0.2, -0.15) is 0 Å². The van der Waals surface area contributed by atoms with Crippen LogP contribution in [0, 0.1) is 13.7 Å².